The Morgan fingerprint density at radius 1 is 1.10 bits per heavy atom. The van der Waals surface area contributed by atoms with Gasteiger partial charge in [0.2, 0.25) is 18.6 Å². The summed E-state index contributed by atoms with van der Waals surface area (Å²) in [6.07, 6.45) is 0. The van der Waals surface area contributed by atoms with E-state index in [9.17, 15) is 4.79 Å². The van der Waals surface area contributed by atoms with Gasteiger partial charge in [0.05, 0.1) is 5.75 Å². The van der Waals surface area contributed by atoms with Gasteiger partial charge in [-0.3, -0.25) is 9.36 Å². The first kappa shape index (κ1) is 18.8. The summed E-state index contributed by atoms with van der Waals surface area (Å²) in [5.74, 6) is 2.51. The number of carbonyl (C=O) groups excluding carboxylic acids is 1. The van der Waals surface area contributed by atoms with Crippen LogP contribution in [-0.4, -0.2) is 39.8 Å². The molecule has 0 saturated carbocycles. The van der Waals surface area contributed by atoms with Crippen LogP contribution >= 0.6 is 11.8 Å². The quantitative estimate of drug-likeness (QED) is 0.611. The number of rotatable bonds is 6. The van der Waals surface area contributed by atoms with E-state index in [1.165, 1.54) is 17.3 Å². The third kappa shape index (κ3) is 3.68. The van der Waals surface area contributed by atoms with E-state index >= 15 is 0 Å². The number of anilines is 2. The summed E-state index contributed by atoms with van der Waals surface area (Å²) in [6.45, 7) is 4.40. The molecule has 2 aliphatic rings. The zero-order valence-corrected chi connectivity index (χ0v) is 17.3. The second kappa shape index (κ2) is 7.91. The van der Waals surface area contributed by atoms with E-state index in [-0.39, 0.29) is 18.5 Å². The Labute approximate surface area is 178 Å². The third-order valence-corrected chi connectivity index (χ3v) is 6.06. The average molecular weight is 423 g/mol. The maximum Gasteiger partial charge on any atom is 0.232 e. The molecule has 9 heteroatoms. The Balaban J connectivity index is 1.17. The number of nitrogens with zero attached hydrogens (tertiary/aromatic N) is 4. The standard InChI is InChI=1S/C21H21N5O3S/c1-14-2-5-16(6-3-14)25-8-9-26-20(25)23-24-21(26)30-12-19(27)22-11-15-4-7-17-18(10-15)29-13-28-17/h2-7,10H,8-9,11-13H2,1H3,(H,22,27). The molecule has 0 unspecified atom stereocenters. The fraction of sp³-hybridized carbons (Fsp3) is 0.286. The van der Waals surface area contributed by atoms with E-state index in [1.54, 1.807) is 0 Å². The van der Waals surface area contributed by atoms with Gasteiger partial charge >= 0.3 is 0 Å². The highest BCUT2D eigenvalue weighted by Crippen LogP contribution is 2.33. The first-order valence-corrected chi connectivity index (χ1v) is 10.7. The number of hydrogen-bond acceptors (Lipinski definition) is 7. The van der Waals surface area contributed by atoms with Crippen molar-refractivity contribution in [1.29, 1.82) is 0 Å². The second-order valence-electron chi connectivity index (χ2n) is 7.17. The van der Waals surface area contributed by atoms with E-state index in [1.807, 2.05) is 18.2 Å². The van der Waals surface area contributed by atoms with E-state index < -0.39 is 0 Å². The van der Waals surface area contributed by atoms with Crippen molar-refractivity contribution in [3.63, 3.8) is 0 Å². The van der Waals surface area contributed by atoms with E-state index in [4.69, 9.17) is 9.47 Å². The van der Waals surface area contributed by atoms with Crippen LogP contribution in [0, 0.1) is 6.92 Å². The predicted molar refractivity (Wildman–Crippen MR) is 113 cm³/mol. The minimum Gasteiger partial charge on any atom is -0.454 e. The van der Waals surface area contributed by atoms with Gasteiger partial charge in [-0.1, -0.05) is 35.5 Å². The van der Waals surface area contributed by atoms with Crippen molar-refractivity contribution in [3.8, 4) is 11.5 Å². The Morgan fingerprint density at radius 2 is 1.93 bits per heavy atom. The highest BCUT2D eigenvalue weighted by Gasteiger charge is 2.26. The molecule has 30 heavy (non-hydrogen) atoms. The Bertz CT molecular complexity index is 1080. The zero-order valence-electron chi connectivity index (χ0n) is 16.5. The number of aryl methyl sites for hydroxylation is 1. The second-order valence-corrected chi connectivity index (χ2v) is 8.12. The van der Waals surface area contributed by atoms with Gasteiger partial charge in [0.25, 0.3) is 0 Å². The van der Waals surface area contributed by atoms with E-state index in [0.717, 1.165) is 41.2 Å². The first-order valence-electron chi connectivity index (χ1n) is 9.73. The van der Waals surface area contributed by atoms with Crippen LogP contribution in [0.15, 0.2) is 47.6 Å². The van der Waals surface area contributed by atoms with E-state index in [2.05, 4.69) is 56.2 Å². The van der Waals surface area contributed by atoms with Crippen molar-refractivity contribution in [2.24, 2.45) is 0 Å². The molecule has 1 N–H and O–H groups in total. The molecule has 0 saturated heterocycles. The molecular weight excluding hydrogens is 402 g/mol. The van der Waals surface area contributed by atoms with Crippen LogP contribution in [0.25, 0.3) is 0 Å². The number of aromatic nitrogens is 3. The van der Waals surface area contributed by atoms with Gasteiger partial charge in [0, 0.05) is 25.3 Å². The number of fused-ring (bicyclic) bond motifs is 2. The normalized spacial score (nSPS) is 14.1. The number of nitrogens with one attached hydrogen (secondary N) is 1. The first-order chi connectivity index (χ1) is 14.7. The molecule has 0 bridgehead atoms. The summed E-state index contributed by atoms with van der Waals surface area (Å²) in [7, 11) is 0. The van der Waals surface area contributed by atoms with Gasteiger partial charge in [-0.25, -0.2) is 0 Å². The topological polar surface area (TPSA) is 81.5 Å². The SMILES string of the molecule is Cc1ccc(N2CCn3c(SCC(=O)NCc4ccc5c(c4)OCO5)nnc32)cc1. The molecule has 0 spiro atoms. The minimum atomic E-state index is -0.0524. The molecule has 8 nitrogen and oxygen atoms in total. The molecular formula is C21H21N5O3S. The lowest BCUT2D eigenvalue weighted by atomic mass is 10.2. The van der Waals surface area contributed by atoms with Gasteiger partial charge in [0.15, 0.2) is 16.7 Å². The van der Waals surface area contributed by atoms with Gasteiger partial charge in [0.1, 0.15) is 0 Å². The molecule has 5 rings (SSSR count). The highest BCUT2D eigenvalue weighted by molar-refractivity contribution is 7.99. The van der Waals surface area contributed by atoms with E-state index in [0.29, 0.717) is 12.3 Å². The lowest BCUT2D eigenvalue weighted by Gasteiger charge is -2.15. The van der Waals surface area contributed by atoms with Crippen LogP contribution in [0.4, 0.5) is 11.6 Å². The smallest absolute Gasteiger partial charge is 0.232 e. The molecule has 1 amide bonds. The summed E-state index contributed by atoms with van der Waals surface area (Å²) in [5.41, 5.74) is 3.29. The summed E-state index contributed by atoms with van der Waals surface area (Å²) in [5, 5.41) is 12.3. The highest BCUT2D eigenvalue weighted by atomic mass is 32.2. The molecule has 0 aliphatic carbocycles. The van der Waals surface area contributed by atoms with Crippen LogP contribution in [0.2, 0.25) is 0 Å². The van der Waals surface area contributed by atoms with Crippen LogP contribution < -0.4 is 19.7 Å². The Kier molecular flexibility index (Phi) is 4.96. The summed E-state index contributed by atoms with van der Waals surface area (Å²) in [4.78, 5) is 14.5. The van der Waals surface area contributed by atoms with Crippen molar-refractivity contribution in [2.75, 3.05) is 24.0 Å². The molecule has 0 radical (unpaired) electrons. The largest absolute Gasteiger partial charge is 0.454 e. The van der Waals surface area contributed by atoms with Gasteiger partial charge in [-0.2, -0.15) is 0 Å². The monoisotopic (exact) mass is 423 g/mol. The molecule has 3 aromatic rings. The van der Waals surface area contributed by atoms with Crippen molar-refractivity contribution in [3.05, 3.63) is 53.6 Å². The predicted octanol–water partition coefficient (Wildman–Crippen LogP) is 2.88. The molecule has 1 aromatic heterocycles. The maximum absolute atomic E-state index is 12.3. The number of hydrogen-bond donors (Lipinski definition) is 1. The van der Waals surface area contributed by atoms with Gasteiger partial charge in [-0.05, 0) is 36.8 Å². The molecule has 0 atom stereocenters. The van der Waals surface area contributed by atoms with Crippen molar-refractivity contribution in [2.45, 2.75) is 25.2 Å². The van der Waals surface area contributed by atoms with Gasteiger partial charge < -0.3 is 19.7 Å². The maximum atomic E-state index is 12.3. The Hall–Kier alpha value is -3.20. The van der Waals surface area contributed by atoms with Crippen molar-refractivity contribution >= 4 is 29.3 Å². The van der Waals surface area contributed by atoms with Crippen LogP contribution in [0.5, 0.6) is 11.5 Å². The molecule has 154 valence electrons. The number of ether oxygens (including phenoxy) is 2. The zero-order chi connectivity index (χ0) is 20.5. The number of benzene rings is 2. The lowest BCUT2D eigenvalue weighted by Crippen LogP contribution is -2.24. The van der Waals surface area contributed by atoms with Gasteiger partial charge in [-0.15, -0.1) is 10.2 Å². The third-order valence-electron chi connectivity index (χ3n) is 5.09. The fourth-order valence-electron chi connectivity index (χ4n) is 3.49. The molecule has 0 fully saturated rings. The Morgan fingerprint density at radius 3 is 2.80 bits per heavy atom. The molecule has 2 aromatic carbocycles. The van der Waals surface area contributed by atoms with Crippen molar-refractivity contribution in [1.82, 2.24) is 20.1 Å². The molecule has 2 aliphatic heterocycles. The summed E-state index contributed by atoms with van der Waals surface area (Å²) in [6, 6.07) is 14.0. The lowest BCUT2D eigenvalue weighted by molar-refractivity contribution is -0.118. The van der Waals surface area contributed by atoms with Crippen LogP contribution in [-0.2, 0) is 17.9 Å². The summed E-state index contributed by atoms with van der Waals surface area (Å²) < 4.78 is 12.7. The van der Waals surface area contributed by atoms with Crippen LogP contribution in [0.1, 0.15) is 11.1 Å². The van der Waals surface area contributed by atoms with Crippen LogP contribution in [0.3, 0.4) is 0 Å². The minimum absolute atomic E-state index is 0.0524. The fourth-order valence-corrected chi connectivity index (χ4v) is 4.27. The number of thioether (sulfide) groups is 1. The summed E-state index contributed by atoms with van der Waals surface area (Å²) >= 11 is 1.40. The number of carbonyl (C=O) groups is 1. The average Bonchev–Trinajstić information content (AvgIpc) is 3.47. The van der Waals surface area contributed by atoms with Crippen molar-refractivity contribution < 1.29 is 14.3 Å². The molecule has 3 heterocycles. The number of amides is 1.